The van der Waals surface area contributed by atoms with Crippen molar-refractivity contribution >= 4 is 40.0 Å². The molecule has 168 valence electrons. The van der Waals surface area contributed by atoms with Crippen molar-refractivity contribution in [2.75, 3.05) is 29.9 Å². The number of nitrogens with zero attached hydrogens (tertiary/aromatic N) is 2. The maximum atomic E-state index is 13.3. The second-order valence-electron chi connectivity index (χ2n) is 8.77. The second-order valence-corrected chi connectivity index (χ2v) is 8.77. The summed E-state index contributed by atoms with van der Waals surface area (Å²) in [6.07, 6.45) is 2.25. The van der Waals surface area contributed by atoms with Crippen molar-refractivity contribution in [1.29, 1.82) is 0 Å². The Labute approximate surface area is 192 Å². The minimum Gasteiger partial charge on any atom is -0.370 e. The lowest BCUT2D eigenvalue weighted by Gasteiger charge is -2.23. The molecular formula is C26H26N4O3. The van der Waals surface area contributed by atoms with Crippen molar-refractivity contribution in [1.82, 2.24) is 10.2 Å². The van der Waals surface area contributed by atoms with Gasteiger partial charge in [-0.05, 0) is 54.3 Å². The van der Waals surface area contributed by atoms with Crippen molar-refractivity contribution in [3.63, 3.8) is 0 Å². The first-order chi connectivity index (χ1) is 16.0. The molecule has 33 heavy (non-hydrogen) atoms. The molecule has 7 nitrogen and oxygen atoms in total. The Morgan fingerprint density at radius 1 is 0.970 bits per heavy atom. The highest BCUT2D eigenvalue weighted by atomic mass is 16.2. The van der Waals surface area contributed by atoms with Crippen LogP contribution in [0.15, 0.2) is 66.7 Å². The number of hydrogen-bond acceptors (Lipinski definition) is 4. The van der Waals surface area contributed by atoms with E-state index in [0.29, 0.717) is 11.3 Å². The van der Waals surface area contributed by atoms with Gasteiger partial charge in [-0.25, -0.2) is 4.79 Å². The average molecular weight is 443 g/mol. The van der Waals surface area contributed by atoms with Gasteiger partial charge in [0.2, 0.25) is 5.91 Å². The summed E-state index contributed by atoms with van der Waals surface area (Å²) in [4.78, 5) is 42.1. The van der Waals surface area contributed by atoms with E-state index >= 15 is 0 Å². The van der Waals surface area contributed by atoms with Crippen LogP contribution in [0.2, 0.25) is 0 Å². The van der Waals surface area contributed by atoms with Crippen LogP contribution >= 0.6 is 0 Å². The quantitative estimate of drug-likeness (QED) is 0.588. The number of imide groups is 1. The lowest BCUT2D eigenvalue weighted by Crippen LogP contribution is -2.42. The molecule has 2 N–H and O–H groups in total. The van der Waals surface area contributed by atoms with Crippen molar-refractivity contribution in [2.45, 2.75) is 25.3 Å². The molecule has 2 saturated heterocycles. The summed E-state index contributed by atoms with van der Waals surface area (Å²) in [5, 5.41) is 7.71. The van der Waals surface area contributed by atoms with Gasteiger partial charge >= 0.3 is 6.03 Å². The number of anilines is 2. The molecule has 0 unspecified atom stereocenters. The zero-order chi connectivity index (χ0) is 23.0. The van der Waals surface area contributed by atoms with Crippen LogP contribution < -0.4 is 15.5 Å². The third-order valence-corrected chi connectivity index (χ3v) is 6.53. The van der Waals surface area contributed by atoms with Gasteiger partial charge in [0.15, 0.2) is 0 Å². The largest absolute Gasteiger partial charge is 0.370 e. The highest BCUT2D eigenvalue weighted by Gasteiger charge is 2.49. The predicted molar refractivity (Wildman–Crippen MR) is 128 cm³/mol. The lowest BCUT2D eigenvalue weighted by atomic mass is 9.90. The smallest absolute Gasteiger partial charge is 0.325 e. The number of para-hydroxylation sites is 2. The first kappa shape index (κ1) is 21.0. The van der Waals surface area contributed by atoms with E-state index in [2.05, 4.69) is 15.5 Å². The number of benzene rings is 3. The summed E-state index contributed by atoms with van der Waals surface area (Å²) in [7, 11) is 0. The summed E-state index contributed by atoms with van der Waals surface area (Å²) in [5.74, 6) is -0.848. The van der Waals surface area contributed by atoms with E-state index in [4.69, 9.17) is 0 Å². The number of rotatable bonds is 5. The molecule has 0 aliphatic carbocycles. The maximum Gasteiger partial charge on any atom is 0.325 e. The van der Waals surface area contributed by atoms with Crippen molar-refractivity contribution in [3.05, 3.63) is 72.3 Å². The SMILES string of the molecule is C[C@]1(c2ccc3ccccc3c2)NC(=O)N(CC(=O)Nc2ccccc2N2CCCC2)C1=O. The molecule has 3 aromatic carbocycles. The van der Waals surface area contributed by atoms with Gasteiger partial charge in [-0.1, -0.05) is 48.5 Å². The summed E-state index contributed by atoms with van der Waals surface area (Å²) in [6, 6.07) is 20.6. The van der Waals surface area contributed by atoms with Crippen LogP contribution in [0.4, 0.5) is 16.2 Å². The van der Waals surface area contributed by atoms with Crippen LogP contribution in [0.5, 0.6) is 0 Å². The second kappa shape index (κ2) is 8.24. The van der Waals surface area contributed by atoms with E-state index in [9.17, 15) is 14.4 Å². The minimum atomic E-state index is -1.23. The monoisotopic (exact) mass is 442 g/mol. The van der Waals surface area contributed by atoms with E-state index in [0.717, 1.165) is 47.3 Å². The lowest BCUT2D eigenvalue weighted by molar-refractivity contribution is -0.133. The Bertz CT molecular complexity index is 1250. The molecule has 2 aliphatic heterocycles. The number of urea groups is 1. The summed E-state index contributed by atoms with van der Waals surface area (Å²) in [6.45, 7) is 3.23. The van der Waals surface area contributed by atoms with Crippen LogP contribution in [-0.2, 0) is 15.1 Å². The fourth-order valence-corrected chi connectivity index (χ4v) is 4.68. The summed E-state index contributed by atoms with van der Waals surface area (Å²) in [5.41, 5.74) is 1.10. The van der Waals surface area contributed by atoms with Crippen LogP contribution in [0.1, 0.15) is 25.3 Å². The standard InChI is InChI=1S/C26H26N4O3/c1-26(20-13-12-18-8-2-3-9-19(18)16-20)24(32)30(25(33)28-26)17-23(31)27-21-10-4-5-11-22(21)29-14-6-7-15-29/h2-5,8-13,16H,6-7,14-15,17H2,1H3,(H,27,31)(H,28,33)/t26-/m1/s1. The van der Waals surface area contributed by atoms with E-state index in [-0.39, 0.29) is 6.54 Å². The summed E-state index contributed by atoms with van der Waals surface area (Å²) < 4.78 is 0. The number of amides is 4. The molecule has 5 rings (SSSR count). The van der Waals surface area contributed by atoms with Crippen LogP contribution in [0.25, 0.3) is 10.8 Å². The predicted octanol–water partition coefficient (Wildman–Crippen LogP) is 3.85. The highest BCUT2D eigenvalue weighted by molar-refractivity contribution is 6.10. The zero-order valence-electron chi connectivity index (χ0n) is 18.5. The number of carbonyl (C=O) groups excluding carboxylic acids is 3. The minimum absolute atomic E-state index is 0.345. The van der Waals surface area contributed by atoms with Gasteiger partial charge in [0, 0.05) is 13.1 Å². The van der Waals surface area contributed by atoms with Crippen LogP contribution in [0, 0.1) is 0 Å². The molecule has 2 fully saturated rings. The highest BCUT2D eigenvalue weighted by Crippen LogP contribution is 2.32. The van der Waals surface area contributed by atoms with E-state index in [1.54, 1.807) is 6.92 Å². The molecule has 0 radical (unpaired) electrons. The van der Waals surface area contributed by atoms with Gasteiger partial charge in [-0.15, -0.1) is 0 Å². The number of carbonyl (C=O) groups is 3. The molecule has 0 spiro atoms. The third kappa shape index (κ3) is 3.80. The van der Waals surface area contributed by atoms with Crippen LogP contribution in [0.3, 0.4) is 0 Å². The Balaban J connectivity index is 1.34. The molecule has 0 aromatic heterocycles. The molecule has 0 bridgehead atoms. The molecule has 3 aromatic rings. The van der Waals surface area contributed by atoms with Crippen molar-refractivity contribution in [2.24, 2.45) is 0 Å². The Hall–Kier alpha value is -3.87. The number of fused-ring (bicyclic) bond motifs is 1. The van der Waals surface area contributed by atoms with Crippen molar-refractivity contribution < 1.29 is 14.4 Å². The molecule has 1 atom stereocenters. The van der Waals surface area contributed by atoms with Gasteiger partial charge in [-0.2, -0.15) is 0 Å². The Morgan fingerprint density at radius 2 is 1.67 bits per heavy atom. The molecule has 2 aliphatic rings. The third-order valence-electron chi connectivity index (χ3n) is 6.53. The summed E-state index contributed by atoms with van der Waals surface area (Å²) >= 11 is 0. The molecule has 7 heteroatoms. The fourth-order valence-electron chi connectivity index (χ4n) is 4.68. The average Bonchev–Trinajstić information content (AvgIpc) is 3.43. The van der Waals surface area contributed by atoms with Crippen molar-refractivity contribution in [3.8, 4) is 0 Å². The van der Waals surface area contributed by atoms with Gasteiger partial charge in [0.1, 0.15) is 12.1 Å². The maximum absolute atomic E-state index is 13.3. The Morgan fingerprint density at radius 3 is 2.45 bits per heavy atom. The van der Waals surface area contributed by atoms with E-state index in [1.807, 2.05) is 66.7 Å². The zero-order valence-corrected chi connectivity index (χ0v) is 18.5. The normalized spacial score (nSPS) is 20.4. The first-order valence-electron chi connectivity index (χ1n) is 11.2. The van der Waals surface area contributed by atoms with E-state index in [1.165, 1.54) is 0 Å². The number of nitrogens with one attached hydrogen (secondary N) is 2. The fraction of sp³-hybridized carbons (Fsp3) is 0.269. The van der Waals surface area contributed by atoms with Gasteiger partial charge in [0.25, 0.3) is 5.91 Å². The van der Waals surface area contributed by atoms with Gasteiger partial charge in [-0.3, -0.25) is 14.5 Å². The van der Waals surface area contributed by atoms with Crippen LogP contribution in [-0.4, -0.2) is 42.4 Å². The van der Waals surface area contributed by atoms with Gasteiger partial charge in [0.05, 0.1) is 11.4 Å². The number of hydrogen-bond donors (Lipinski definition) is 2. The first-order valence-corrected chi connectivity index (χ1v) is 11.2. The molecule has 4 amide bonds. The molecule has 0 saturated carbocycles. The van der Waals surface area contributed by atoms with E-state index < -0.39 is 23.4 Å². The molecular weight excluding hydrogens is 416 g/mol. The van der Waals surface area contributed by atoms with Gasteiger partial charge < -0.3 is 15.5 Å². The molecule has 2 heterocycles. The topological polar surface area (TPSA) is 81.8 Å². The Kier molecular flexibility index (Phi) is 5.24.